The SMILES string of the molecule is CNC1CC(C)CC(C)C1CN1CC(C)CC(C)C1C. The van der Waals surface area contributed by atoms with Gasteiger partial charge in [-0.25, -0.2) is 0 Å². The number of hydrogen-bond donors (Lipinski definition) is 1. The van der Waals surface area contributed by atoms with Crippen molar-refractivity contribution in [3.05, 3.63) is 0 Å². The van der Waals surface area contributed by atoms with Gasteiger partial charge in [0.2, 0.25) is 0 Å². The molecule has 118 valence electrons. The van der Waals surface area contributed by atoms with E-state index in [9.17, 15) is 0 Å². The summed E-state index contributed by atoms with van der Waals surface area (Å²) in [7, 11) is 2.16. The van der Waals surface area contributed by atoms with Gasteiger partial charge in [-0.05, 0) is 62.8 Å². The lowest BCUT2D eigenvalue weighted by Gasteiger charge is -2.47. The zero-order valence-electron chi connectivity index (χ0n) is 14.5. The van der Waals surface area contributed by atoms with Crippen molar-refractivity contribution in [2.75, 3.05) is 20.1 Å². The Balaban J connectivity index is 2.02. The van der Waals surface area contributed by atoms with Crippen molar-refractivity contribution in [1.82, 2.24) is 10.2 Å². The molecule has 1 aliphatic carbocycles. The zero-order valence-corrected chi connectivity index (χ0v) is 14.5. The predicted octanol–water partition coefficient (Wildman–Crippen LogP) is 3.62. The average Bonchev–Trinajstić information content (AvgIpc) is 2.37. The Morgan fingerprint density at radius 1 is 0.900 bits per heavy atom. The minimum Gasteiger partial charge on any atom is -0.317 e. The number of piperidine rings is 1. The summed E-state index contributed by atoms with van der Waals surface area (Å²) in [4.78, 5) is 2.79. The summed E-state index contributed by atoms with van der Waals surface area (Å²) in [6.45, 7) is 14.8. The fourth-order valence-corrected chi connectivity index (χ4v) is 4.89. The molecular weight excluding hydrogens is 244 g/mol. The highest BCUT2D eigenvalue weighted by Crippen LogP contribution is 2.36. The van der Waals surface area contributed by atoms with E-state index in [4.69, 9.17) is 0 Å². The van der Waals surface area contributed by atoms with E-state index >= 15 is 0 Å². The van der Waals surface area contributed by atoms with Crippen LogP contribution in [0.1, 0.15) is 53.9 Å². The lowest BCUT2D eigenvalue weighted by atomic mass is 9.71. The molecule has 0 radical (unpaired) electrons. The van der Waals surface area contributed by atoms with Crippen molar-refractivity contribution in [2.24, 2.45) is 29.6 Å². The Labute approximate surface area is 126 Å². The van der Waals surface area contributed by atoms with E-state index in [2.05, 4.69) is 51.9 Å². The highest BCUT2D eigenvalue weighted by Gasteiger charge is 2.37. The van der Waals surface area contributed by atoms with Crippen LogP contribution in [0.3, 0.4) is 0 Å². The summed E-state index contributed by atoms with van der Waals surface area (Å²) < 4.78 is 0. The maximum atomic E-state index is 3.61. The highest BCUT2D eigenvalue weighted by atomic mass is 15.2. The molecule has 2 fully saturated rings. The van der Waals surface area contributed by atoms with Gasteiger partial charge in [0, 0.05) is 25.2 Å². The van der Waals surface area contributed by atoms with E-state index in [-0.39, 0.29) is 0 Å². The summed E-state index contributed by atoms with van der Waals surface area (Å²) in [5.41, 5.74) is 0. The minimum absolute atomic E-state index is 0.716. The fourth-order valence-electron chi connectivity index (χ4n) is 4.89. The molecule has 1 saturated carbocycles. The maximum Gasteiger partial charge on any atom is 0.0110 e. The third-order valence-corrected chi connectivity index (χ3v) is 6.21. The molecule has 2 aliphatic rings. The van der Waals surface area contributed by atoms with Gasteiger partial charge in [-0.3, -0.25) is 4.90 Å². The number of likely N-dealkylation sites (tertiary alicyclic amines) is 1. The minimum atomic E-state index is 0.716. The Morgan fingerprint density at radius 2 is 1.55 bits per heavy atom. The first-order valence-electron chi connectivity index (χ1n) is 8.83. The van der Waals surface area contributed by atoms with Crippen LogP contribution in [0.5, 0.6) is 0 Å². The first-order valence-corrected chi connectivity index (χ1v) is 8.83. The molecule has 1 heterocycles. The van der Waals surface area contributed by atoms with Crippen LogP contribution in [0.2, 0.25) is 0 Å². The van der Waals surface area contributed by atoms with E-state index < -0.39 is 0 Å². The molecule has 0 spiro atoms. The van der Waals surface area contributed by atoms with Crippen molar-refractivity contribution in [3.63, 3.8) is 0 Å². The van der Waals surface area contributed by atoms with Crippen LogP contribution in [-0.2, 0) is 0 Å². The van der Waals surface area contributed by atoms with Crippen LogP contribution in [0.4, 0.5) is 0 Å². The van der Waals surface area contributed by atoms with Gasteiger partial charge in [0.05, 0.1) is 0 Å². The lowest BCUT2D eigenvalue weighted by molar-refractivity contribution is 0.0313. The average molecular weight is 280 g/mol. The van der Waals surface area contributed by atoms with E-state index in [1.807, 2.05) is 0 Å². The van der Waals surface area contributed by atoms with Crippen molar-refractivity contribution >= 4 is 0 Å². The number of nitrogens with zero attached hydrogens (tertiary/aromatic N) is 1. The lowest BCUT2D eigenvalue weighted by Crippen LogP contribution is -2.53. The summed E-state index contributed by atoms with van der Waals surface area (Å²) in [5.74, 6) is 4.29. The van der Waals surface area contributed by atoms with Crippen molar-refractivity contribution in [3.8, 4) is 0 Å². The molecule has 0 aromatic heterocycles. The van der Waals surface area contributed by atoms with Crippen LogP contribution >= 0.6 is 0 Å². The maximum absolute atomic E-state index is 3.61. The molecule has 0 amide bonds. The van der Waals surface area contributed by atoms with Crippen molar-refractivity contribution < 1.29 is 0 Å². The highest BCUT2D eigenvalue weighted by molar-refractivity contribution is 4.91. The molecule has 1 N–H and O–H groups in total. The summed E-state index contributed by atoms with van der Waals surface area (Å²) in [6, 6.07) is 1.48. The van der Waals surface area contributed by atoms with E-state index in [0.29, 0.717) is 6.04 Å². The standard InChI is InChI=1S/C18H36N2/c1-12-7-15(4)17(18(9-12)19-6)11-20-10-13(2)8-14(3)16(20)5/h12-19H,7-11H2,1-6H3. The molecule has 2 rings (SSSR count). The van der Waals surface area contributed by atoms with Crippen LogP contribution in [0.15, 0.2) is 0 Å². The summed E-state index contributed by atoms with van der Waals surface area (Å²) in [5, 5.41) is 3.61. The fraction of sp³-hybridized carbons (Fsp3) is 1.00. The Kier molecular flexibility index (Phi) is 5.53. The molecular formula is C18H36N2. The molecule has 1 saturated heterocycles. The molecule has 7 unspecified atom stereocenters. The van der Waals surface area contributed by atoms with Gasteiger partial charge >= 0.3 is 0 Å². The van der Waals surface area contributed by atoms with E-state index in [1.54, 1.807) is 0 Å². The normalized spacial score (nSPS) is 47.4. The summed E-state index contributed by atoms with van der Waals surface area (Å²) in [6.07, 6.45) is 4.18. The van der Waals surface area contributed by atoms with Gasteiger partial charge in [-0.1, -0.05) is 27.7 Å². The molecule has 2 nitrogen and oxygen atoms in total. The monoisotopic (exact) mass is 280 g/mol. The van der Waals surface area contributed by atoms with Gasteiger partial charge in [0.1, 0.15) is 0 Å². The molecule has 0 aromatic carbocycles. The molecule has 1 aliphatic heterocycles. The van der Waals surface area contributed by atoms with E-state index in [1.165, 1.54) is 32.4 Å². The Bertz CT molecular complexity index is 304. The summed E-state index contributed by atoms with van der Waals surface area (Å²) >= 11 is 0. The van der Waals surface area contributed by atoms with Gasteiger partial charge in [0.25, 0.3) is 0 Å². The van der Waals surface area contributed by atoms with Crippen molar-refractivity contribution in [1.29, 1.82) is 0 Å². The zero-order chi connectivity index (χ0) is 14.9. The van der Waals surface area contributed by atoms with Gasteiger partial charge in [-0.2, -0.15) is 0 Å². The topological polar surface area (TPSA) is 15.3 Å². The second-order valence-corrected chi connectivity index (χ2v) is 8.13. The number of rotatable bonds is 3. The second-order valence-electron chi connectivity index (χ2n) is 8.13. The third kappa shape index (κ3) is 3.57. The first kappa shape index (κ1) is 16.3. The predicted molar refractivity (Wildman–Crippen MR) is 87.9 cm³/mol. The van der Waals surface area contributed by atoms with Crippen LogP contribution in [0, 0.1) is 29.6 Å². The molecule has 0 aromatic rings. The second kappa shape index (κ2) is 6.79. The van der Waals surface area contributed by atoms with Crippen molar-refractivity contribution in [2.45, 2.75) is 66.0 Å². The number of hydrogen-bond acceptors (Lipinski definition) is 2. The van der Waals surface area contributed by atoms with Gasteiger partial charge in [-0.15, -0.1) is 0 Å². The van der Waals surface area contributed by atoms with Gasteiger partial charge in [0.15, 0.2) is 0 Å². The number of nitrogens with one attached hydrogen (secondary N) is 1. The van der Waals surface area contributed by atoms with Crippen LogP contribution < -0.4 is 5.32 Å². The Morgan fingerprint density at radius 3 is 2.20 bits per heavy atom. The van der Waals surface area contributed by atoms with Gasteiger partial charge < -0.3 is 5.32 Å². The van der Waals surface area contributed by atoms with Crippen LogP contribution in [-0.4, -0.2) is 37.1 Å². The molecule has 20 heavy (non-hydrogen) atoms. The quantitative estimate of drug-likeness (QED) is 0.849. The van der Waals surface area contributed by atoms with E-state index in [0.717, 1.165) is 35.6 Å². The smallest absolute Gasteiger partial charge is 0.0110 e. The molecule has 7 atom stereocenters. The molecule has 0 bridgehead atoms. The third-order valence-electron chi connectivity index (χ3n) is 6.21. The van der Waals surface area contributed by atoms with Crippen LogP contribution in [0.25, 0.3) is 0 Å². The molecule has 2 heteroatoms. The first-order chi connectivity index (χ1) is 9.42. The largest absolute Gasteiger partial charge is 0.317 e. The Hall–Kier alpha value is -0.0800.